The van der Waals surface area contributed by atoms with Crippen molar-refractivity contribution >= 4 is 17.6 Å². The summed E-state index contributed by atoms with van der Waals surface area (Å²) in [4.78, 5) is 36.8. The Morgan fingerprint density at radius 1 is 0.861 bits per heavy atom. The highest BCUT2D eigenvalue weighted by Crippen LogP contribution is 2.60. The number of hydrogen-bond acceptors (Lipinski definition) is 6. The second-order valence-corrected chi connectivity index (χ2v) is 9.95. The summed E-state index contributed by atoms with van der Waals surface area (Å²) in [5.74, 6) is 2.46. The van der Waals surface area contributed by atoms with E-state index in [9.17, 15) is 9.59 Å². The molecule has 186 valence electrons. The molecule has 0 bridgehead atoms. The van der Waals surface area contributed by atoms with Gasteiger partial charge in [0.15, 0.2) is 5.76 Å². The number of ether oxygens (including phenoxy) is 1. The zero-order chi connectivity index (χ0) is 24.5. The Labute approximate surface area is 210 Å². The molecule has 1 atom stereocenters. The number of hydrogen-bond donors (Lipinski definition) is 0. The fourth-order valence-electron chi connectivity index (χ4n) is 5.57. The Balaban J connectivity index is 0.995. The minimum Gasteiger partial charge on any atom is -0.426 e. The van der Waals surface area contributed by atoms with Gasteiger partial charge in [-0.15, -0.1) is 0 Å². The summed E-state index contributed by atoms with van der Waals surface area (Å²) in [6, 6.07) is 18.6. The molecule has 2 saturated heterocycles. The van der Waals surface area contributed by atoms with Crippen LogP contribution >= 0.6 is 0 Å². The third kappa shape index (κ3) is 4.43. The molecule has 2 amide bonds. The lowest BCUT2D eigenvalue weighted by atomic mass is 9.90. The number of piperazine rings is 1. The number of piperidine rings is 1. The number of aromatic nitrogens is 1. The zero-order valence-corrected chi connectivity index (χ0v) is 20.2. The van der Waals surface area contributed by atoms with E-state index in [1.165, 1.54) is 0 Å². The van der Waals surface area contributed by atoms with Gasteiger partial charge in [-0.25, -0.2) is 4.98 Å². The third-order valence-corrected chi connectivity index (χ3v) is 7.85. The molecule has 1 aromatic carbocycles. The first-order chi connectivity index (χ1) is 17.6. The summed E-state index contributed by atoms with van der Waals surface area (Å²) in [5, 5.41) is 0. The molecule has 1 spiro atoms. The van der Waals surface area contributed by atoms with Gasteiger partial charge in [-0.3, -0.25) is 9.59 Å². The molecule has 3 fully saturated rings. The first kappa shape index (κ1) is 22.6. The monoisotopic (exact) mass is 486 g/mol. The normalized spacial score (nSPS) is 20.9. The molecular weight excluding hydrogens is 456 g/mol. The van der Waals surface area contributed by atoms with Crippen LogP contribution in [0.4, 0.5) is 5.82 Å². The van der Waals surface area contributed by atoms with Gasteiger partial charge >= 0.3 is 0 Å². The number of likely N-dealkylation sites (tertiary alicyclic amines) is 1. The van der Waals surface area contributed by atoms with Gasteiger partial charge in [-0.05, 0) is 55.0 Å². The molecule has 6 rings (SSSR count). The largest absolute Gasteiger partial charge is 0.426 e. The van der Waals surface area contributed by atoms with Crippen LogP contribution in [0.1, 0.15) is 29.8 Å². The van der Waals surface area contributed by atoms with E-state index in [0.29, 0.717) is 24.8 Å². The second-order valence-electron chi connectivity index (χ2n) is 9.95. The number of anilines is 1. The third-order valence-electron chi connectivity index (χ3n) is 7.85. The number of rotatable bonds is 5. The van der Waals surface area contributed by atoms with Crippen LogP contribution in [-0.2, 0) is 4.79 Å². The zero-order valence-electron chi connectivity index (χ0n) is 20.2. The number of furan rings is 1. The van der Waals surface area contributed by atoms with Crippen LogP contribution in [0.2, 0.25) is 0 Å². The van der Waals surface area contributed by atoms with Crippen molar-refractivity contribution in [2.75, 3.05) is 44.2 Å². The van der Waals surface area contributed by atoms with Gasteiger partial charge in [-0.2, -0.15) is 0 Å². The molecule has 0 N–H and O–H groups in total. The summed E-state index contributed by atoms with van der Waals surface area (Å²) in [5.41, 5.74) is 0.0523. The van der Waals surface area contributed by atoms with E-state index in [1.807, 2.05) is 58.3 Å². The number of carbonyl (C=O) groups is 2. The molecular formula is C28H30N4O4. The first-order valence-corrected chi connectivity index (χ1v) is 12.7. The Kier molecular flexibility index (Phi) is 5.87. The molecule has 8 nitrogen and oxygen atoms in total. The number of para-hydroxylation sites is 1. The van der Waals surface area contributed by atoms with Crippen LogP contribution in [0.15, 0.2) is 71.3 Å². The average Bonchev–Trinajstić information content (AvgIpc) is 3.42. The summed E-state index contributed by atoms with van der Waals surface area (Å²) in [6.45, 7) is 4.38. The molecule has 8 heteroatoms. The lowest BCUT2D eigenvalue weighted by molar-refractivity contribution is -0.134. The van der Waals surface area contributed by atoms with Gasteiger partial charge in [0, 0.05) is 57.4 Å². The fourth-order valence-corrected chi connectivity index (χ4v) is 5.57. The maximum atomic E-state index is 13.2. The maximum absolute atomic E-state index is 13.2. The van der Waals surface area contributed by atoms with Crippen molar-refractivity contribution in [3.63, 3.8) is 0 Å². The van der Waals surface area contributed by atoms with Crippen molar-refractivity contribution in [1.82, 2.24) is 14.8 Å². The highest BCUT2D eigenvalue weighted by atomic mass is 16.6. The fraction of sp³-hybridized carbons (Fsp3) is 0.393. The van der Waals surface area contributed by atoms with E-state index in [-0.39, 0.29) is 28.9 Å². The molecule has 0 unspecified atom stereocenters. The smallest absolute Gasteiger partial charge is 0.290 e. The van der Waals surface area contributed by atoms with Crippen LogP contribution in [0.25, 0.3) is 0 Å². The number of amides is 2. The number of carbonyl (C=O) groups excluding carboxylic acids is 2. The number of benzene rings is 1. The Morgan fingerprint density at radius 2 is 1.61 bits per heavy atom. The van der Waals surface area contributed by atoms with Crippen molar-refractivity contribution in [3.8, 4) is 11.7 Å². The van der Waals surface area contributed by atoms with Gasteiger partial charge in [0.05, 0.1) is 0 Å². The number of pyridine rings is 1. The minimum absolute atomic E-state index is 0.0523. The molecule has 4 heterocycles. The molecule has 0 radical (unpaired) electrons. The van der Waals surface area contributed by atoms with Crippen LogP contribution in [0.3, 0.4) is 0 Å². The summed E-state index contributed by atoms with van der Waals surface area (Å²) < 4.78 is 11.4. The van der Waals surface area contributed by atoms with Crippen molar-refractivity contribution in [2.24, 2.45) is 11.3 Å². The average molecular weight is 487 g/mol. The van der Waals surface area contributed by atoms with E-state index < -0.39 is 0 Å². The molecule has 3 aliphatic rings. The Bertz CT molecular complexity index is 1210. The summed E-state index contributed by atoms with van der Waals surface area (Å²) in [6.07, 6.45) is 4.46. The molecule has 1 aliphatic carbocycles. The van der Waals surface area contributed by atoms with E-state index >= 15 is 0 Å². The van der Waals surface area contributed by atoms with Crippen LogP contribution in [0.5, 0.6) is 11.7 Å². The molecule has 3 aromatic rings. The number of nitrogens with zero attached hydrogens (tertiary/aromatic N) is 4. The molecule has 36 heavy (non-hydrogen) atoms. The molecule has 2 aliphatic heterocycles. The molecule has 1 saturated carbocycles. The van der Waals surface area contributed by atoms with Gasteiger partial charge in [0.25, 0.3) is 11.9 Å². The van der Waals surface area contributed by atoms with Crippen molar-refractivity contribution in [3.05, 3.63) is 72.6 Å². The predicted molar refractivity (Wildman–Crippen MR) is 134 cm³/mol. The van der Waals surface area contributed by atoms with Gasteiger partial charge in [0.1, 0.15) is 11.6 Å². The Morgan fingerprint density at radius 3 is 2.33 bits per heavy atom. The topological polar surface area (TPSA) is 79.1 Å². The molecule has 2 aromatic heterocycles. The van der Waals surface area contributed by atoms with E-state index in [0.717, 1.165) is 51.3 Å². The maximum Gasteiger partial charge on any atom is 0.290 e. The van der Waals surface area contributed by atoms with Crippen molar-refractivity contribution in [2.45, 2.75) is 19.3 Å². The Hall–Kier alpha value is -3.81. The van der Waals surface area contributed by atoms with Crippen LogP contribution in [0, 0.1) is 11.3 Å². The van der Waals surface area contributed by atoms with Crippen LogP contribution in [-0.4, -0.2) is 65.9 Å². The summed E-state index contributed by atoms with van der Waals surface area (Å²) in [7, 11) is 0. The quantitative estimate of drug-likeness (QED) is 0.541. The second kappa shape index (κ2) is 9.33. The van der Waals surface area contributed by atoms with Crippen LogP contribution < -0.4 is 9.64 Å². The lowest BCUT2D eigenvalue weighted by Crippen LogP contribution is -2.50. The van der Waals surface area contributed by atoms with E-state index in [1.54, 1.807) is 18.3 Å². The lowest BCUT2D eigenvalue weighted by Gasteiger charge is -2.37. The highest BCUT2D eigenvalue weighted by Gasteiger charge is 2.59. The predicted octanol–water partition coefficient (Wildman–Crippen LogP) is 4.06. The van der Waals surface area contributed by atoms with Crippen molar-refractivity contribution < 1.29 is 18.7 Å². The SMILES string of the molecule is O=C(c1ccc(Oc2ccccc2)o1)N1CCC2(CC1)C[C@@H]2C(=O)N1CCN(c2ccccn2)CC1. The standard InChI is InChI=1S/C28H30N4O4/c33-26(32-18-16-30(17-19-32)24-8-4-5-13-29-24)22-20-28(22)11-14-31(15-12-28)27(34)23-9-10-25(36-23)35-21-6-2-1-3-7-21/h1-10,13,22H,11-12,14-20H2/t22-/m1/s1. The van der Waals surface area contributed by atoms with Gasteiger partial charge in [-0.1, -0.05) is 24.3 Å². The van der Waals surface area contributed by atoms with Crippen molar-refractivity contribution in [1.29, 1.82) is 0 Å². The van der Waals surface area contributed by atoms with Gasteiger partial charge in [0.2, 0.25) is 5.91 Å². The summed E-state index contributed by atoms with van der Waals surface area (Å²) >= 11 is 0. The first-order valence-electron chi connectivity index (χ1n) is 12.7. The van der Waals surface area contributed by atoms with Gasteiger partial charge < -0.3 is 23.9 Å². The minimum atomic E-state index is -0.123. The van der Waals surface area contributed by atoms with E-state index in [4.69, 9.17) is 9.15 Å². The van der Waals surface area contributed by atoms with E-state index in [2.05, 4.69) is 9.88 Å². The highest BCUT2D eigenvalue weighted by molar-refractivity contribution is 5.92.